The molecular formula is C19H20N2O5S. The molecule has 2 aromatic rings. The molecule has 1 aromatic carbocycles. The second-order valence-corrected chi connectivity index (χ2v) is 8.66. The summed E-state index contributed by atoms with van der Waals surface area (Å²) in [6.07, 6.45) is 3.14. The van der Waals surface area contributed by atoms with Crippen molar-refractivity contribution >= 4 is 38.7 Å². The Hall–Kier alpha value is -2.74. The fourth-order valence-corrected chi connectivity index (χ4v) is 4.67. The van der Waals surface area contributed by atoms with E-state index >= 15 is 0 Å². The number of pyridine rings is 1. The molecule has 3 rings (SSSR count). The van der Waals surface area contributed by atoms with Gasteiger partial charge in [0.1, 0.15) is 0 Å². The number of para-hydroxylation sites is 1. The maximum Gasteiger partial charge on any atom is 0.331 e. The van der Waals surface area contributed by atoms with E-state index in [4.69, 9.17) is 4.74 Å². The van der Waals surface area contributed by atoms with Crippen molar-refractivity contribution in [2.75, 3.05) is 25.2 Å². The van der Waals surface area contributed by atoms with Crippen LogP contribution in [0.25, 0.3) is 17.0 Å². The van der Waals surface area contributed by atoms with Crippen LogP contribution in [0, 0.1) is 0 Å². The predicted molar refractivity (Wildman–Crippen MR) is 102 cm³/mol. The molecule has 0 unspecified atom stereocenters. The van der Waals surface area contributed by atoms with E-state index in [1.807, 2.05) is 30.3 Å². The van der Waals surface area contributed by atoms with Gasteiger partial charge in [0.2, 0.25) is 0 Å². The number of ether oxygens (including phenoxy) is 1. The Kier molecular flexibility index (Phi) is 5.55. The van der Waals surface area contributed by atoms with Crippen molar-refractivity contribution in [3.05, 3.63) is 48.2 Å². The molecular weight excluding hydrogens is 368 g/mol. The Labute approximate surface area is 157 Å². The lowest BCUT2D eigenvalue weighted by molar-refractivity contribution is -0.148. The fourth-order valence-electron chi connectivity index (χ4n) is 2.90. The first-order chi connectivity index (χ1) is 12.8. The number of amides is 1. The molecule has 1 fully saturated rings. The van der Waals surface area contributed by atoms with E-state index in [-0.39, 0.29) is 17.5 Å². The second-order valence-electron chi connectivity index (χ2n) is 6.43. The van der Waals surface area contributed by atoms with Crippen LogP contribution < -0.4 is 0 Å². The summed E-state index contributed by atoms with van der Waals surface area (Å²) in [4.78, 5) is 29.7. The smallest absolute Gasteiger partial charge is 0.331 e. The maximum atomic E-state index is 12.1. The summed E-state index contributed by atoms with van der Waals surface area (Å²) >= 11 is 0. The lowest BCUT2D eigenvalue weighted by Gasteiger charge is -2.22. The van der Waals surface area contributed by atoms with E-state index in [1.165, 1.54) is 24.1 Å². The average molecular weight is 388 g/mol. The van der Waals surface area contributed by atoms with Gasteiger partial charge in [-0.1, -0.05) is 24.3 Å². The standard InChI is InChI=1S/C19H20N2O5S/c1-21(16-10-11-27(24,25)13-16)18(22)12-26-19(23)9-8-15-7-6-14-4-2-3-5-17(14)20-15/h2-9,16H,10-13H2,1H3/b9-8+/t16-/m0/s1. The third-order valence-electron chi connectivity index (χ3n) is 4.50. The van der Waals surface area contributed by atoms with Crippen molar-refractivity contribution < 1.29 is 22.7 Å². The van der Waals surface area contributed by atoms with Gasteiger partial charge >= 0.3 is 5.97 Å². The van der Waals surface area contributed by atoms with Gasteiger partial charge in [-0.2, -0.15) is 0 Å². The van der Waals surface area contributed by atoms with Gasteiger partial charge < -0.3 is 9.64 Å². The second kappa shape index (κ2) is 7.87. The zero-order chi connectivity index (χ0) is 19.4. The molecule has 7 nitrogen and oxygen atoms in total. The Morgan fingerprint density at radius 2 is 2.04 bits per heavy atom. The Bertz CT molecular complexity index is 1000. The first-order valence-electron chi connectivity index (χ1n) is 8.51. The largest absolute Gasteiger partial charge is 0.452 e. The predicted octanol–water partition coefficient (Wildman–Crippen LogP) is 1.44. The van der Waals surface area contributed by atoms with Gasteiger partial charge in [0, 0.05) is 24.6 Å². The quantitative estimate of drug-likeness (QED) is 0.568. The van der Waals surface area contributed by atoms with E-state index in [9.17, 15) is 18.0 Å². The summed E-state index contributed by atoms with van der Waals surface area (Å²) in [5, 5.41) is 1.000. The molecule has 0 bridgehead atoms. The molecule has 1 atom stereocenters. The number of fused-ring (bicyclic) bond motifs is 1. The number of sulfone groups is 1. The number of carbonyl (C=O) groups excluding carboxylic acids is 2. The fraction of sp³-hybridized carbons (Fsp3) is 0.316. The lowest BCUT2D eigenvalue weighted by Crippen LogP contribution is -2.40. The average Bonchev–Trinajstić information content (AvgIpc) is 3.03. The summed E-state index contributed by atoms with van der Waals surface area (Å²) < 4.78 is 27.9. The molecule has 0 radical (unpaired) electrons. The highest BCUT2D eigenvalue weighted by Crippen LogP contribution is 2.16. The summed E-state index contributed by atoms with van der Waals surface area (Å²) in [7, 11) is -1.56. The van der Waals surface area contributed by atoms with Gasteiger partial charge in [-0.05, 0) is 24.6 Å². The van der Waals surface area contributed by atoms with Crippen LogP contribution >= 0.6 is 0 Å². The molecule has 142 valence electrons. The van der Waals surface area contributed by atoms with Crippen LogP contribution in [0.4, 0.5) is 0 Å². The SMILES string of the molecule is CN(C(=O)COC(=O)/C=C/c1ccc2ccccc2n1)[C@H]1CCS(=O)(=O)C1. The molecule has 1 amide bonds. The van der Waals surface area contributed by atoms with Gasteiger partial charge in [0.15, 0.2) is 16.4 Å². The number of nitrogens with zero attached hydrogens (tertiary/aromatic N) is 2. The molecule has 0 aliphatic carbocycles. The monoisotopic (exact) mass is 388 g/mol. The first-order valence-corrected chi connectivity index (χ1v) is 10.3. The third-order valence-corrected chi connectivity index (χ3v) is 6.25. The molecule has 0 saturated carbocycles. The molecule has 2 heterocycles. The van der Waals surface area contributed by atoms with Crippen LogP contribution in [0.15, 0.2) is 42.5 Å². The van der Waals surface area contributed by atoms with Crippen LogP contribution in [0.1, 0.15) is 12.1 Å². The summed E-state index contributed by atoms with van der Waals surface area (Å²) in [6.45, 7) is -0.429. The van der Waals surface area contributed by atoms with Crippen molar-refractivity contribution in [3.63, 3.8) is 0 Å². The van der Waals surface area contributed by atoms with Crippen LogP contribution in [0.5, 0.6) is 0 Å². The third kappa shape index (κ3) is 4.91. The van der Waals surface area contributed by atoms with Gasteiger partial charge in [0.05, 0.1) is 22.7 Å². The number of benzene rings is 1. The summed E-state index contributed by atoms with van der Waals surface area (Å²) in [6, 6.07) is 11.0. The molecule has 0 N–H and O–H groups in total. The summed E-state index contributed by atoms with van der Waals surface area (Å²) in [5.74, 6) is -1.05. The van der Waals surface area contributed by atoms with Crippen molar-refractivity contribution in [2.45, 2.75) is 12.5 Å². The minimum Gasteiger partial charge on any atom is -0.452 e. The highest BCUT2D eigenvalue weighted by Gasteiger charge is 2.32. The number of hydrogen-bond donors (Lipinski definition) is 0. The molecule has 1 saturated heterocycles. The number of rotatable bonds is 5. The number of aromatic nitrogens is 1. The van der Waals surface area contributed by atoms with Crippen LogP contribution in [-0.4, -0.2) is 61.4 Å². The number of hydrogen-bond acceptors (Lipinski definition) is 6. The van der Waals surface area contributed by atoms with E-state index in [0.29, 0.717) is 12.1 Å². The number of carbonyl (C=O) groups is 2. The van der Waals surface area contributed by atoms with Crippen molar-refractivity contribution in [3.8, 4) is 0 Å². The minimum atomic E-state index is -3.08. The molecule has 8 heteroatoms. The summed E-state index contributed by atoms with van der Waals surface area (Å²) in [5.41, 5.74) is 1.42. The van der Waals surface area contributed by atoms with Crippen LogP contribution in [0.2, 0.25) is 0 Å². The highest BCUT2D eigenvalue weighted by molar-refractivity contribution is 7.91. The van der Waals surface area contributed by atoms with Crippen molar-refractivity contribution in [1.29, 1.82) is 0 Å². The van der Waals surface area contributed by atoms with Crippen LogP contribution in [-0.2, 0) is 24.2 Å². The van der Waals surface area contributed by atoms with Crippen LogP contribution in [0.3, 0.4) is 0 Å². The highest BCUT2D eigenvalue weighted by atomic mass is 32.2. The van der Waals surface area contributed by atoms with Gasteiger partial charge in [-0.3, -0.25) is 4.79 Å². The Morgan fingerprint density at radius 3 is 2.78 bits per heavy atom. The van der Waals surface area contributed by atoms with Gasteiger partial charge in [0.25, 0.3) is 5.91 Å². The number of esters is 1. The van der Waals surface area contributed by atoms with Crippen molar-refractivity contribution in [2.24, 2.45) is 0 Å². The molecule has 0 spiro atoms. The van der Waals surface area contributed by atoms with Gasteiger partial charge in [-0.15, -0.1) is 0 Å². The Morgan fingerprint density at radius 1 is 1.26 bits per heavy atom. The van der Waals surface area contributed by atoms with E-state index < -0.39 is 28.3 Å². The van der Waals surface area contributed by atoms with Gasteiger partial charge in [-0.25, -0.2) is 18.2 Å². The molecule has 1 aliphatic heterocycles. The Balaban J connectivity index is 1.52. The maximum absolute atomic E-state index is 12.1. The molecule has 27 heavy (non-hydrogen) atoms. The zero-order valence-electron chi connectivity index (χ0n) is 14.9. The molecule has 1 aromatic heterocycles. The number of likely N-dealkylation sites (N-methyl/N-ethyl adjacent to an activating group) is 1. The normalized spacial score (nSPS) is 18.6. The van der Waals surface area contributed by atoms with E-state index in [0.717, 1.165) is 10.9 Å². The lowest BCUT2D eigenvalue weighted by atomic mass is 10.2. The first kappa shape index (κ1) is 19.0. The van der Waals surface area contributed by atoms with Crippen molar-refractivity contribution in [1.82, 2.24) is 9.88 Å². The molecule has 1 aliphatic rings. The topological polar surface area (TPSA) is 93.6 Å². The van der Waals surface area contributed by atoms with E-state index in [2.05, 4.69) is 4.98 Å². The minimum absolute atomic E-state index is 0.0449. The zero-order valence-corrected chi connectivity index (χ0v) is 15.7. The van der Waals surface area contributed by atoms with E-state index in [1.54, 1.807) is 6.07 Å².